The molecule has 4 N–H and O–H groups in total. The van der Waals surface area contributed by atoms with Crippen LogP contribution in [-0.2, 0) is 4.79 Å². The number of nitrogens with one attached hydrogen (secondary N) is 1. The van der Waals surface area contributed by atoms with Crippen molar-refractivity contribution in [2.45, 2.75) is 6.04 Å². The Morgan fingerprint density at radius 2 is 1.79 bits per heavy atom. The molecule has 0 saturated carbocycles. The van der Waals surface area contributed by atoms with Gasteiger partial charge in [0.15, 0.2) is 0 Å². The first-order chi connectivity index (χ1) is 9.08. The molecule has 4 nitrogen and oxygen atoms in total. The highest BCUT2D eigenvalue weighted by molar-refractivity contribution is 9.10. The number of benzene rings is 2. The predicted molar refractivity (Wildman–Crippen MR) is 77.8 cm³/mol. The number of para-hydroxylation sites is 1. The van der Waals surface area contributed by atoms with Crippen LogP contribution in [0.1, 0.15) is 11.6 Å². The summed E-state index contributed by atoms with van der Waals surface area (Å²) in [7, 11) is 0. The van der Waals surface area contributed by atoms with E-state index in [1.807, 2.05) is 24.3 Å². The van der Waals surface area contributed by atoms with Gasteiger partial charge in [0.25, 0.3) is 0 Å². The zero-order valence-electron chi connectivity index (χ0n) is 10.0. The van der Waals surface area contributed by atoms with E-state index in [0.717, 1.165) is 10.2 Å². The number of amides is 1. The van der Waals surface area contributed by atoms with Gasteiger partial charge in [0, 0.05) is 15.7 Å². The Morgan fingerprint density at radius 3 is 2.37 bits per heavy atom. The number of halogens is 1. The molecule has 0 aliphatic carbocycles. The second-order valence-corrected chi connectivity index (χ2v) is 4.96. The predicted octanol–water partition coefficient (Wildman–Crippen LogP) is 2.79. The number of phenols is 1. The highest BCUT2D eigenvalue weighted by atomic mass is 79.9. The smallest absolute Gasteiger partial charge is 0.244 e. The Morgan fingerprint density at radius 1 is 1.16 bits per heavy atom. The number of hydrogen-bond donors (Lipinski definition) is 3. The number of hydrogen-bond acceptors (Lipinski definition) is 3. The summed E-state index contributed by atoms with van der Waals surface area (Å²) >= 11 is 3.34. The molecular weight excluding hydrogens is 308 g/mol. The summed E-state index contributed by atoms with van der Waals surface area (Å²) in [5.41, 5.74) is 6.60. The third-order valence-electron chi connectivity index (χ3n) is 2.69. The molecule has 0 aliphatic heterocycles. The number of phenolic OH excluding ortho intramolecular Hbond substituents is 1. The number of carbonyl (C=O) groups is 1. The van der Waals surface area contributed by atoms with Gasteiger partial charge >= 0.3 is 0 Å². The summed E-state index contributed by atoms with van der Waals surface area (Å²) in [6.07, 6.45) is 0. The van der Waals surface area contributed by atoms with Crippen LogP contribution in [0.15, 0.2) is 53.0 Å². The Hall–Kier alpha value is -2.01. The van der Waals surface area contributed by atoms with Gasteiger partial charge in [-0.05, 0) is 30.3 Å². The lowest BCUT2D eigenvalue weighted by molar-refractivity contribution is -0.118. The summed E-state index contributed by atoms with van der Waals surface area (Å²) in [5.74, 6) is -0.514. The Kier molecular flexibility index (Phi) is 4.06. The molecule has 1 atom stereocenters. The Labute approximate surface area is 119 Å². The first-order valence-corrected chi connectivity index (χ1v) is 6.46. The number of rotatable bonds is 4. The van der Waals surface area contributed by atoms with Crippen LogP contribution in [0.3, 0.4) is 0 Å². The maximum Gasteiger partial charge on any atom is 0.244 e. The molecule has 0 spiro atoms. The van der Waals surface area contributed by atoms with Gasteiger partial charge in [-0.3, -0.25) is 4.79 Å². The van der Waals surface area contributed by atoms with Gasteiger partial charge in [0.05, 0.1) is 0 Å². The van der Waals surface area contributed by atoms with E-state index >= 15 is 0 Å². The maximum atomic E-state index is 11.6. The van der Waals surface area contributed by atoms with E-state index in [1.54, 1.807) is 18.2 Å². The molecule has 2 rings (SSSR count). The normalized spacial score (nSPS) is 11.8. The van der Waals surface area contributed by atoms with Crippen LogP contribution in [0, 0.1) is 0 Å². The zero-order chi connectivity index (χ0) is 13.8. The molecule has 0 radical (unpaired) electrons. The summed E-state index contributed by atoms with van der Waals surface area (Å²) in [6, 6.07) is 13.2. The standard InChI is InChI=1S/C14H13BrN2O2/c15-9-5-7-10(8-6-9)17-13(14(16)19)11-3-1-2-4-12(11)18/h1-8,13,17-18H,(H2,16,19). The molecule has 0 fully saturated rings. The summed E-state index contributed by atoms with van der Waals surface area (Å²) < 4.78 is 0.941. The van der Waals surface area contributed by atoms with Crippen LogP contribution in [0.25, 0.3) is 0 Å². The van der Waals surface area contributed by atoms with Crippen LogP contribution in [-0.4, -0.2) is 11.0 Å². The molecule has 0 aromatic heterocycles. The molecule has 2 aromatic rings. The topological polar surface area (TPSA) is 75.4 Å². The minimum atomic E-state index is -0.776. The summed E-state index contributed by atoms with van der Waals surface area (Å²) in [5, 5.41) is 12.8. The lowest BCUT2D eigenvalue weighted by Gasteiger charge is -2.18. The van der Waals surface area contributed by atoms with E-state index in [-0.39, 0.29) is 5.75 Å². The fourth-order valence-corrected chi connectivity index (χ4v) is 2.01. The van der Waals surface area contributed by atoms with Crippen LogP contribution >= 0.6 is 15.9 Å². The van der Waals surface area contributed by atoms with E-state index in [0.29, 0.717) is 5.56 Å². The first kappa shape index (κ1) is 13.4. The average Bonchev–Trinajstić information content (AvgIpc) is 2.39. The van der Waals surface area contributed by atoms with E-state index in [1.165, 1.54) is 6.07 Å². The van der Waals surface area contributed by atoms with Crippen molar-refractivity contribution in [1.82, 2.24) is 0 Å². The van der Waals surface area contributed by atoms with Crippen molar-refractivity contribution in [3.63, 3.8) is 0 Å². The van der Waals surface area contributed by atoms with Crippen LogP contribution in [0.4, 0.5) is 5.69 Å². The highest BCUT2D eigenvalue weighted by Gasteiger charge is 2.20. The summed E-state index contributed by atoms with van der Waals surface area (Å²) in [4.78, 5) is 11.6. The molecule has 0 aliphatic rings. The van der Waals surface area contributed by atoms with Crippen molar-refractivity contribution < 1.29 is 9.90 Å². The number of aromatic hydroxyl groups is 1. The Balaban J connectivity index is 2.29. The zero-order valence-corrected chi connectivity index (χ0v) is 11.6. The molecule has 1 unspecified atom stereocenters. The van der Waals surface area contributed by atoms with E-state index < -0.39 is 11.9 Å². The average molecular weight is 321 g/mol. The number of nitrogens with two attached hydrogens (primary N) is 1. The van der Waals surface area contributed by atoms with Gasteiger partial charge in [0.2, 0.25) is 5.91 Å². The molecule has 5 heteroatoms. The molecule has 19 heavy (non-hydrogen) atoms. The largest absolute Gasteiger partial charge is 0.508 e. The van der Waals surface area contributed by atoms with E-state index in [9.17, 15) is 9.90 Å². The van der Waals surface area contributed by atoms with Gasteiger partial charge in [-0.2, -0.15) is 0 Å². The summed E-state index contributed by atoms with van der Waals surface area (Å²) in [6.45, 7) is 0. The number of carbonyl (C=O) groups excluding carboxylic acids is 1. The fourth-order valence-electron chi connectivity index (χ4n) is 1.75. The third-order valence-corrected chi connectivity index (χ3v) is 3.22. The third kappa shape index (κ3) is 3.26. The number of primary amides is 1. The molecule has 0 saturated heterocycles. The monoisotopic (exact) mass is 320 g/mol. The fraction of sp³-hybridized carbons (Fsp3) is 0.0714. The van der Waals surface area contributed by atoms with Crippen LogP contribution < -0.4 is 11.1 Å². The Bertz CT molecular complexity index is 584. The van der Waals surface area contributed by atoms with Crippen molar-refractivity contribution in [2.24, 2.45) is 5.73 Å². The maximum absolute atomic E-state index is 11.6. The van der Waals surface area contributed by atoms with Crippen molar-refractivity contribution in [3.05, 3.63) is 58.6 Å². The van der Waals surface area contributed by atoms with Gasteiger partial charge in [-0.25, -0.2) is 0 Å². The second kappa shape index (κ2) is 5.75. The van der Waals surface area contributed by atoms with Gasteiger partial charge in [-0.1, -0.05) is 34.1 Å². The lowest BCUT2D eigenvalue weighted by atomic mass is 10.0. The van der Waals surface area contributed by atoms with E-state index in [4.69, 9.17) is 5.73 Å². The molecule has 1 amide bonds. The van der Waals surface area contributed by atoms with Gasteiger partial charge in [0.1, 0.15) is 11.8 Å². The molecule has 0 heterocycles. The lowest BCUT2D eigenvalue weighted by Crippen LogP contribution is -2.27. The van der Waals surface area contributed by atoms with Crippen LogP contribution in [0.2, 0.25) is 0 Å². The molecule has 98 valence electrons. The number of anilines is 1. The van der Waals surface area contributed by atoms with Gasteiger partial charge in [-0.15, -0.1) is 0 Å². The van der Waals surface area contributed by atoms with Gasteiger partial charge < -0.3 is 16.2 Å². The minimum Gasteiger partial charge on any atom is -0.508 e. The second-order valence-electron chi connectivity index (χ2n) is 4.05. The quantitative estimate of drug-likeness (QED) is 0.810. The molecular formula is C14H13BrN2O2. The SMILES string of the molecule is NC(=O)C(Nc1ccc(Br)cc1)c1ccccc1O. The molecule has 0 bridgehead atoms. The highest BCUT2D eigenvalue weighted by Crippen LogP contribution is 2.27. The van der Waals surface area contributed by atoms with Crippen molar-refractivity contribution in [1.29, 1.82) is 0 Å². The first-order valence-electron chi connectivity index (χ1n) is 5.67. The van der Waals surface area contributed by atoms with Crippen molar-refractivity contribution in [3.8, 4) is 5.75 Å². The van der Waals surface area contributed by atoms with Crippen molar-refractivity contribution in [2.75, 3.05) is 5.32 Å². The van der Waals surface area contributed by atoms with E-state index in [2.05, 4.69) is 21.2 Å². The van der Waals surface area contributed by atoms with Crippen LogP contribution in [0.5, 0.6) is 5.75 Å². The van der Waals surface area contributed by atoms with Crippen molar-refractivity contribution >= 4 is 27.5 Å². The molecule has 2 aromatic carbocycles. The minimum absolute atomic E-state index is 0.0379.